The van der Waals surface area contributed by atoms with Crippen LogP contribution in [0.4, 0.5) is 0 Å². The van der Waals surface area contributed by atoms with E-state index in [4.69, 9.17) is 4.74 Å². The molecule has 0 amide bonds. The minimum absolute atomic E-state index is 0. The van der Waals surface area contributed by atoms with Gasteiger partial charge in [-0.2, -0.15) is 0 Å². The van der Waals surface area contributed by atoms with Crippen molar-refractivity contribution in [3.05, 3.63) is 29.8 Å². The number of para-hydroxylation sites is 1. The van der Waals surface area contributed by atoms with Crippen LogP contribution in [0.2, 0.25) is 0 Å². The van der Waals surface area contributed by atoms with Gasteiger partial charge in [-0.15, -0.1) is 24.0 Å². The zero-order valence-electron chi connectivity index (χ0n) is 14.3. The lowest BCUT2D eigenvalue weighted by Gasteiger charge is -2.18. The fourth-order valence-corrected chi connectivity index (χ4v) is 2.13. The minimum atomic E-state index is 0. The van der Waals surface area contributed by atoms with Crippen molar-refractivity contribution in [2.24, 2.45) is 10.9 Å². The molecule has 0 bridgehead atoms. The highest BCUT2D eigenvalue weighted by Crippen LogP contribution is 2.25. The minimum Gasteiger partial charge on any atom is -0.496 e. The van der Waals surface area contributed by atoms with Crippen molar-refractivity contribution in [3.63, 3.8) is 0 Å². The first kappa shape index (κ1) is 21.0. The molecule has 2 N–H and O–H groups in total. The van der Waals surface area contributed by atoms with E-state index in [9.17, 15) is 0 Å². The predicted octanol–water partition coefficient (Wildman–Crippen LogP) is 3.63. The van der Waals surface area contributed by atoms with Crippen molar-refractivity contribution < 1.29 is 4.74 Å². The van der Waals surface area contributed by atoms with E-state index in [1.165, 1.54) is 5.56 Å². The second-order valence-corrected chi connectivity index (χ2v) is 5.71. The van der Waals surface area contributed by atoms with Crippen molar-refractivity contribution in [3.8, 4) is 5.75 Å². The lowest BCUT2D eigenvalue weighted by Crippen LogP contribution is -2.39. The Hall–Kier alpha value is -0.980. The van der Waals surface area contributed by atoms with Gasteiger partial charge in [0, 0.05) is 26.1 Å². The molecule has 4 nitrogen and oxygen atoms in total. The third-order valence-corrected chi connectivity index (χ3v) is 3.48. The third kappa shape index (κ3) is 7.33. The van der Waals surface area contributed by atoms with Crippen molar-refractivity contribution in [1.82, 2.24) is 10.6 Å². The summed E-state index contributed by atoms with van der Waals surface area (Å²) in [5.74, 6) is 2.85. The number of rotatable bonds is 7. The maximum Gasteiger partial charge on any atom is 0.190 e. The van der Waals surface area contributed by atoms with Gasteiger partial charge in [0.05, 0.1) is 7.11 Å². The van der Waals surface area contributed by atoms with Crippen LogP contribution in [-0.2, 0) is 0 Å². The molecule has 1 unspecified atom stereocenters. The Bertz CT molecular complexity index is 449. The second-order valence-electron chi connectivity index (χ2n) is 5.71. The van der Waals surface area contributed by atoms with E-state index in [1.807, 2.05) is 18.2 Å². The van der Waals surface area contributed by atoms with Crippen LogP contribution < -0.4 is 15.4 Å². The highest BCUT2D eigenvalue weighted by atomic mass is 127. The van der Waals surface area contributed by atoms with Crippen LogP contribution in [0.3, 0.4) is 0 Å². The fourth-order valence-electron chi connectivity index (χ4n) is 2.13. The normalized spacial score (nSPS) is 12.5. The van der Waals surface area contributed by atoms with E-state index >= 15 is 0 Å². The molecule has 5 heteroatoms. The molecule has 1 rings (SSSR count). The number of nitrogens with one attached hydrogen (secondary N) is 2. The van der Waals surface area contributed by atoms with Gasteiger partial charge in [0.15, 0.2) is 5.96 Å². The number of ether oxygens (including phenoxy) is 1. The van der Waals surface area contributed by atoms with Gasteiger partial charge in [0.2, 0.25) is 0 Å². The third-order valence-electron chi connectivity index (χ3n) is 3.48. The molecule has 0 aliphatic carbocycles. The van der Waals surface area contributed by atoms with Crippen LogP contribution in [0.15, 0.2) is 29.3 Å². The van der Waals surface area contributed by atoms with E-state index < -0.39 is 0 Å². The van der Waals surface area contributed by atoms with Crippen LogP contribution in [0.5, 0.6) is 5.75 Å². The number of nitrogens with zero attached hydrogens (tertiary/aromatic N) is 1. The summed E-state index contributed by atoms with van der Waals surface area (Å²) in [4.78, 5) is 4.26. The number of guanidine groups is 1. The molecule has 0 spiro atoms. The van der Waals surface area contributed by atoms with Gasteiger partial charge in [-0.1, -0.05) is 39.0 Å². The Labute approximate surface area is 152 Å². The first-order chi connectivity index (χ1) is 10.1. The quantitative estimate of drug-likeness (QED) is 0.403. The monoisotopic (exact) mass is 419 g/mol. The second kappa shape index (κ2) is 11.6. The van der Waals surface area contributed by atoms with E-state index in [1.54, 1.807) is 14.2 Å². The zero-order valence-corrected chi connectivity index (χ0v) is 16.7. The predicted molar refractivity (Wildman–Crippen MR) is 106 cm³/mol. The summed E-state index contributed by atoms with van der Waals surface area (Å²) >= 11 is 0. The van der Waals surface area contributed by atoms with E-state index in [-0.39, 0.29) is 24.0 Å². The molecule has 0 aromatic heterocycles. The molecule has 1 atom stereocenters. The topological polar surface area (TPSA) is 45.7 Å². The van der Waals surface area contributed by atoms with Crippen LogP contribution in [0, 0.1) is 5.92 Å². The Morgan fingerprint density at radius 1 is 1.18 bits per heavy atom. The summed E-state index contributed by atoms with van der Waals surface area (Å²) in [6.07, 6.45) is 1.14. The van der Waals surface area contributed by atoms with E-state index in [0.717, 1.165) is 31.2 Å². The molecule has 1 aromatic rings. The van der Waals surface area contributed by atoms with Gasteiger partial charge >= 0.3 is 0 Å². The van der Waals surface area contributed by atoms with Gasteiger partial charge in [0.1, 0.15) is 5.75 Å². The van der Waals surface area contributed by atoms with Gasteiger partial charge < -0.3 is 15.4 Å². The van der Waals surface area contributed by atoms with E-state index in [0.29, 0.717) is 11.8 Å². The van der Waals surface area contributed by atoms with Crippen molar-refractivity contribution in [1.29, 1.82) is 0 Å². The molecule has 0 radical (unpaired) electrons. The van der Waals surface area contributed by atoms with Crippen LogP contribution >= 0.6 is 24.0 Å². The average molecular weight is 419 g/mol. The summed E-state index contributed by atoms with van der Waals surface area (Å²) in [5.41, 5.74) is 1.21. The summed E-state index contributed by atoms with van der Waals surface area (Å²) < 4.78 is 5.42. The largest absolute Gasteiger partial charge is 0.496 e. The van der Waals surface area contributed by atoms with Gasteiger partial charge in [-0.05, 0) is 24.0 Å². The molecule has 0 saturated heterocycles. The molecule has 1 aromatic carbocycles. The number of hydrogen-bond donors (Lipinski definition) is 2. The zero-order chi connectivity index (χ0) is 15.7. The number of methoxy groups -OCH3 is 1. The fraction of sp³-hybridized carbons (Fsp3) is 0.588. The van der Waals surface area contributed by atoms with Gasteiger partial charge in [-0.25, -0.2) is 0 Å². The average Bonchev–Trinajstić information content (AvgIpc) is 2.49. The lowest BCUT2D eigenvalue weighted by molar-refractivity contribution is 0.406. The number of aliphatic imine (C=N–C) groups is 1. The molecule has 0 aliphatic heterocycles. The van der Waals surface area contributed by atoms with Crippen molar-refractivity contribution in [2.45, 2.75) is 33.1 Å². The highest BCUT2D eigenvalue weighted by molar-refractivity contribution is 14.0. The smallest absolute Gasteiger partial charge is 0.190 e. The standard InChI is InChI=1S/C17H29N3O.HI/c1-13(2)10-11-19-17(18-4)20-12-14(3)15-8-6-7-9-16(15)21-5;/h6-9,13-14H,10-12H2,1-5H3,(H2,18,19,20);1H. The summed E-state index contributed by atoms with van der Waals surface area (Å²) in [6, 6.07) is 8.15. The maximum absolute atomic E-state index is 5.42. The molecule has 22 heavy (non-hydrogen) atoms. The molecule has 0 heterocycles. The summed E-state index contributed by atoms with van der Waals surface area (Å²) in [5, 5.41) is 6.72. The van der Waals surface area contributed by atoms with Gasteiger partial charge in [0.25, 0.3) is 0 Å². The lowest BCUT2D eigenvalue weighted by atomic mass is 10.0. The Morgan fingerprint density at radius 2 is 1.86 bits per heavy atom. The number of hydrogen-bond acceptors (Lipinski definition) is 2. The number of halogens is 1. The summed E-state index contributed by atoms with van der Waals surface area (Å²) in [7, 11) is 3.52. The van der Waals surface area contributed by atoms with Crippen molar-refractivity contribution >= 4 is 29.9 Å². The molecular formula is C17H30IN3O. The van der Waals surface area contributed by atoms with Crippen LogP contribution in [0.25, 0.3) is 0 Å². The first-order valence-electron chi connectivity index (χ1n) is 7.65. The van der Waals surface area contributed by atoms with Crippen LogP contribution in [-0.4, -0.2) is 33.2 Å². The molecule has 126 valence electrons. The molecular weight excluding hydrogens is 389 g/mol. The Kier molecular flexibility index (Phi) is 11.1. The van der Waals surface area contributed by atoms with E-state index in [2.05, 4.69) is 42.5 Å². The molecule has 0 fully saturated rings. The first-order valence-corrected chi connectivity index (χ1v) is 7.65. The number of benzene rings is 1. The molecule has 0 saturated carbocycles. The van der Waals surface area contributed by atoms with Gasteiger partial charge in [-0.3, -0.25) is 4.99 Å². The van der Waals surface area contributed by atoms with Crippen LogP contribution in [0.1, 0.15) is 38.7 Å². The Balaban J connectivity index is 0.00000441. The Morgan fingerprint density at radius 3 is 2.45 bits per heavy atom. The maximum atomic E-state index is 5.42. The van der Waals surface area contributed by atoms with Crippen molar-refractivity contribution in [2.75, 3.05) is 27.2 Å². The molecule has 0 aliphatic rings. The SMILES string of the molecule is CN=C(NCCC(C)C)NCC(C)c1ccccc1OC.I. The highest BCUT2D eigenvalue weighted by Gasteiger charge is 2.11. The summed E-state index contributed by atoms with van der Waals surface area (Å²) in [6.45, 7) is 8.40.